The first-order chi connectivity index (χ1) is 9.16. The van der Waals surface area contributed by atoms with E-state index in [0.717, 1.165) is 31.6 Å². The molecule has 0 saturated heterocycles. The zero-order chi connectivity index (χ0) is 13.7. The van der Waals surface area contributed by atoms with Crippen LogP contribution < -0.4 is 0 Å². The maximum Gasteiger partial charge on any atom is 0.181 e. The standard InChI is InChI=1S/C16H26N2O/c1-12(2)16(19)15-9-5-8-14(17-18-15)11-10-13-6-3-4-7-13/h12-13H,3-11H2,1-2H3. The third-order valence-electron chi connectivity index (χ3n) is 4.32. The Balaban J connectivity index is 1.88. The SMILES string of the molecule is CC(C)C(=O)C1=NN=C(CCC2CCCC2)CCC1. The maximum atomic E-state index is 11.9. The van der Waals surface area contributed by atoms with Crippen molar-refractivity contribution in [1.29, 1.82) is 0 Å². The summed E-state index contributed by atoms with van der Waals surface area (Å²) in [4.78, 5) is 11.9. The highest BCUT2D eigenvalue weighted by Crippen LogP contribution is 2.29. The number of hydrogen-bond donors (Lipinski definition) is 0. The predicted octanol–water partition coefficient (Wildman–Crippen LogP) is 4.16. The molecule has 0 N–H and O–H groups in total. The van der Waals surface area contributed by atoms with Crippen LogP contribution in [0.2, 0.25) is 0 Å². The molecule has 2 rings (SSSR count). The van der Waals surface area contributed by atoms with Crippen LogP contribution in [0.25, 0.3) is 0 Å². The van der Waals surface area contributed by atoms with Crippen molar-refractivity contribution in [2.75, 3.05) is 0 Å². The monoisotopic (exact) mass is 262 g/mol. The van der Waals surface area contributed by atoms with Gasteiger partial charge in [-0.05, 0) is 38.0 Å². The maximum absolute atomic E-state index is 11.9. The Morgan fingerprint density at radius 2 is 1.89 bits per heavy atom. The number of carbonyl (C=O) groups is 1. The topological polar surface area (TPSA) is 41.8 Å². The van der Waals surface area contributed by atoms with E-state index in [4.69, 9.17) is 0 Å². The summed E-state index contributed by atoms with van der Waals surface area (Å²) >= 11 is 0. The van der Waals surface area contributed by atoms with Crippen molar-refractivity contribution in [3.63, 3.8) is 0 Å². The highest BCUT2D eigenvalue weighted by atomic mass is 16.1. The molecule has 3 heteroatoms. The molecule has 0 atom stereocenters. The summed E-state index contributed by atoms with van der Waals surface area (Å²) < 4.78 is 0. The summed E-state index contributed by atoms with van der Waals surface area (Å²) in [5.41, 5.74) is 1.89. The number of nitrogens with zero attached hydrogens (tertiary/aromatic N) is 2. The fourth-order valence-corrected chi connectivity index (χ4v) is 3.04. The molecule has 106 valence electrons. The molecule has 0 aromatic heterocycles. The van der Waals surface area contributed by atoms with Crippen molar-refractivity contribution in [2.24, 2.45) is 22.0 Å². The normalized spacial score (nSPS) is 21.2. The van der Waals surface area contributed by atoms with Gasteiger partial charge in [-0.2, -0.15) is 10.2 Å². The van der Waals surface area contributed by atoms with Gasteiger partial charge in [-0.15, -0.1) is 0 Å². The lowest BCUT2D eigenvalue weighted by atomic mass is 9.97. The van der Waals surface area contributed by atoms with Crippen LogP contribution in [0.4, 0.5) is 0 Å². The van der Waals surface area contributed by atoms with E-state index in [1.165, 1.54) is 37.8 Å². The van der Waals surface area contributed by atoms with Gasteiger partial charge in [0.25, 0.3) is 0 Å². The fourth-order valence-electron chi connectivity index (χ4n) is 3.04. The zero-order valence-corrected chi connectivity index (χ0v) is 12.3. The number of Topliss-reactive ketones (excluding diaryl/α,β-unsaturated/α-hetero) is 1. The molecule has 2 aliphatic rings. The first-order valence-corrected chi connectivity index (χ1v) is 7.83. The first kappa shape index (κ1) is 14.4. The van der Waals surface area contributed by atoms with Gasteiger partial charge in [0.15, 0.2) is 5.78 Å². The van der Waals surface area contributed by atoms with Gasteiger partial charge in [0.1, 0.15) is 5.71 Å². The summed E-state index contributed by atoms with van der Waals surface area (Å²) in [6.07, 6.45) is 10.8. The van der Waals surface area contributed by atoms with Crippen LogP contribution >= 0.6 is 0 Å². The molecule has 19 heavy (non-hydrogen) atoms. The van der Waals surface area contributed by atoms with Crippen molar-refractivity contribution in [2.45, 2.75) is 71.6 Å². The van der Waals surface area contributed by atoms with Crippen molar-refractivity contribution in [3.8, 4) is 0 Å². The minimum Gasteiger partial charge on any atom is -0.292 e. The molecule has 1 aliphatic carbocycles. The molecular formula is C16H26N2O. The lowest BCUT2D eigenvalue weighted by molar-refractivity contribution is -0.115. The summed E-state index contributed by atoms with van der Waals surface area (Å²) in [6, 6.07) is 0. The molecule has 1 fully saturated rings. The quantitative estimate of drug-likeness (QED) is 0.733. The highest BCUT2D eigenvalue weighted by molar-refractivity contribution is 6.40. The lowest BCUT2D eigenvalue weighted by Crippen LogP contribution is -2.19. The summed E-state index contributed by atoms with van der Waals surface area (Å²) in [5.74, 6) is 1.11. The van der Waals surface area contributed by atoms with Crippen LogP contribution in [-0.4, -0.2) is 17.2 Å². The van der Waals surface area contributed by atoms with E-state index >= 15 is 0 Å². The van der Waals surface area contributed by atoms with E-state index in [-0.39, 0.29) is 11.7 Å². The Bertz CT molecular complexity index is 376. The van der Waals surface area contributed by atoms with Gasteiger partial charge < -0.3 is 0 Å². The number of rotatable bonds is 5. The number of ketones is 1. The van der Waals surface area contributed by atoms with Gasteiger partial charge in [0.05, 0.1) is 0 Å². The van der Waals surface area contributed by atoms with Crippen LogP contribution in [0.3, 0.4) is 0 Å². The number of carbonyl (C=O) groups excluding carboxylic acids is 1. The van der Waals surface area contributed by atoms with Crippen LogP contribution in [0, 0.1) is 11.8 Å². The van der Waals surface area contributed by atoms with E-state index in [1.54, 1.807) is 0 Å². The van der Waals surface area contributed by atoms with E-state index in [9.17, 15) is 4.79 Å². The molecule has 0 aromatic rings. The highest BCUT2D eigenvalue weighted by Gasteiger charge is 2.19. The van der Waals surface area contributed by atoms with Gasteiger partial charge in [-0.3, -0.25) is 4.79 Å². The van der Waals surface area contributed by atoms with Crippen LogP contribution in [0.5, 0.6) is 0 Å². The molecule has 0 aromatic carbocycles. The summed E-state index contributed by atoms with van der Waals surface area (Å²) in [7, 11) is 0. The van der Waals surface area contributed by atoms with Crippen molar-refractivity contribution in [1.82, 2.24) is 0 Å². The minimum absolute atomic E-state index is 0.0361. The molecule has 1 aliphatic heterocycles. The summed E-state index contributed by atoms with van der Waals surface area (Å²) in [6.45, 7) is 3.86. The second-order valence-corrected chi connectivity index (χ2v) is 6.27. The van der Waals surface area contributed by atoms with Crippen molar-refractivity contribution >= 4 is 17.2 Å². The van der Waals surface area contributed by atoms with Gasteiger partial charge in [0.2, 0.25) is 0 Å². The van der Waals surface area contributed by atoms with Crippen LogP contribution in [-0.2, 0) is 4.79 Å². The minimum atomic E-state index is 0.0361. The molecule has 0 amide bonds. The van der Waals surface area contributed by atoms with E-state index < -0.39 is 0 Å². The Hall–Kier alpha value is -0.990. The Kier molecular flexibility index (Phi) is 5.29. The summed E-state index contributed by atoms with van der Waals surface area (Å²) in [5, 5.41) is 8.58. The van der Waals surface area contributed by atoms with Gasteiger partial charge in [0, 0.05) is 11.6 Å². The third-order valence-corrected chi connectivity index (χ3v) is 4.32. The molecule has 1 heterocycles. The predicted molar refractivity (Wildman–Crippen MR) is 79.8 cm³/mol. The molecular weight excluding hydrogens is 236 g/mol. The average molecular weight is 262 g/mol. The fraction of sp³-hybridized carbons (Fsp3) is 0.812. The first-order valence-electron chi connectivity index (χ1n) is 7.83. The second kappa shape index (κ2) is 6.97. The van der Waals surface area contributed by atoms with Crippen molar-refractivity contribution < 1.29 is 4.79 Å². The average Bonchev–Trinajstić information content (AvgIpc) is 2.80. The van der Waals surface area contributed by atoms with Crippen LogP contribution in [0.1, 0.15) is 71.6 Å². The Labute approximate surface area is 116 Å². The molecule has 0 unspecified atom stereocenters. The van der Waals surface area contributed by atoms with Crippen molar-refractivity contribution in [3.05, 3.63) is 0 Å². The zero-order valence-electron chi connectivity index (χ0n) is 12.3. The van der Waals surface area contributed by atoms with Crippen LogP contribution in [0.15, 0.2) is 10.2 Å². The Morgan fingerprint density at radius 1 is 1.16 bits per heavy atom. The molecule has 0 bridgehead atoms. The molecule has 0 spiro atoms. The lowest BCUT2D eigenvalue weighted by Gasteiger charge is -2.08. The number of hydrogen-bond acceptors (Lipinski definition) is 3. The van der Waals surface area contributed by atoms with Gasteiger partial charge >= 0.3 is 0 Å². The third kappa shape index (κ3) is 4.26. The Morgan fingerprint density at radius 3 is 2.58 bits per heavy atom. The molecule has 0 radical (unpaired) electrons. The second-order valence-electron chi connectivity index (χ2n) is 6.27. The smallest absolute Gasteiger partial charge is 0.181 e. The van der Waals surface area contributed by atoms with E-state index in [0.29, 0.717) is 5.71 Å². The molecule has 3 nitrogen and oxygen atoms in total. The van der Waals surface area contributed by atoms with E-state index in [2.05, 4.69) is 10.2 Å². The molecule has 1 saturated carbocycles. The van der Waals surface area contributed by atoms with E-state index in [1.807, 2.05) is 13.8 Å². The van der Waals surface area contributed by atoms with Gasteiger partial charge in [-0.25, -0.2) is 0 Å². The largest absolute Gasteiger partial charge is 0.292 e. The van der Waals surface area contributed by atoms with Gasteiger partial charge in [-0.1, -0.05) is 39.5 Å².